The molecule has 0 N–H and O–H groups in total. The highest BCUT2D eigenvalue weighted by Gasteiger charge is 2.17. The molecule has 3 nitrogen and oxygen atoms in total. The Labute approximate surface area is 121 Å². The molecule has 0 fully saturated rings. The molecule has 1 heterocycles. The minimum atomic E-state index is -0.468. The number of nitrogens with zero attached hydrogens (tertiary/aromatic N) is 2. The number of aromatic nitrogens is 2. The fourth-order valence-electron chi connectivity index (χ4n) is 2.14. The lowest BCUT2D eigenvalue weighted by atomic mass is 10.2. The molecule has 1 atom stereocenters. The Morgan fingerprint density at radius 3 is 2.84 bits per heavy atom. The molecule has 0 spiro atoms. The Kier molecular flexibility index (Phi) is 4.66. The van der Waals surface area contributed by atoms with Crippen LogP contribution < -0.4 is 0 Å². The topological polar surface area (TPSA) is 27.1 Å². The number of fused-ring (bicyclic) bond motifs is 1. The van der Waals surface area contributed by atoms with Gasteiger partial charge in [-0.05, 0) is 19.4 Å². The van der Waals surface area contributed by atoms with Gasteiger partial charge in [0.05, 0.1) is 21.9 Å². The second-order valence-corrected chi connectivity index (χ2v) is 5.09. The summed E-state index contributed by atoms with van der Waals surface area (Å²) < 4.78 is 20.5. The molecule has 1 aromatic heterocycles. The first-order valence-electron chi connectivity index (χ1n) is 5.99. The molecule has 6 heteroatoms. The van der Waals surface area contributed by atoms with E-state index >= 15 is 0 Å². The van der Waals surface area contributed by atoms with Crippen LogP contribution in [-0.4, -0.2) is 23.3 Å². The molecule has 0 aliphatic carbocycles. The van der Waals surface area contributed by atoms with E-state index in [1.807, 2.05) is 11.5 Å². The summed E-state index contributed by atoms with van der Waals surface area (Å²) in [4.78, 5) is 4.35. The maximum Gasteiger partial charge on any atom is 0.144 e. The monoisotopic (exact) mass is 304 g/mol. The molecule has 0 saturated carbocycles. The minimum Gasteiger partial charge on any atom is -0.385 e. The van der Waals surface area contributed by atoms with Gasteiger partial charge >= 0.3 is 0 Å². The molecular formula is C13H15Cl2FN2O. The summed E-state index contributed by atoms with van der Waals surface area (Å²) in [7, 11) is 1.66. The third-order valence-electron chi connectivity index (χ3n) is 3.10. The van der Waals surface area contributed by atoms with Crippen LogP contribution in [0.15, 0.2) is 12.1 Å². The lowest BCUT2D eigenvalue weighted by Gasteiger charge is -2.16. The molecule has 0 bridgehead atoms. The SMILES string of the molecule is COCCC(C)n1c(CCl)nc2cc(F)c(Cl)cc21. The zero-order chi connectivity index (χ0) is 14.0. The van der Waals surface area contributed by atoms with E-state index in [0.29, 0.717) is 17.9 Å². The van der Waals surface area contributed by atoms with E-state index in [1.165, 1.54) is 6.07 Å². The summed E-state index contributed by atoms with van der Waals surface area (Å²) in [5, 5.41) is 0.0914. The first-order chi connectivity index (χ1) is 9.08. The number of methoxy groups -OCH3 is 1. The number of ether oxygens (including phenoxy) is 1. The number of imidazole rings is 1. The van der Waals surface area contributed by atoms with Gasteiger partial charge in [0.25, 0.3) is 0 Å². The van der Waals surface area contributed by atoms with Gasteiger partial charge in [0.2, 0.25) is 0 Å². The second kappa shape index (κ2) is 6.07. The normalized spacial score (nSPS) is 13.1. The van der Waals surface area contributed by atoms with Crippen molar-refractivity contribution in [1.82, 2.24) is 9.55 Å². The van der Waals surface area contributed by atoms with Gasteiger partial charge in [-0.2, -0.15) is 0 Å². The molecule has 2 rings (SSSR count). The summed E-state index contributed by atoms with van der Waals surface area (Å²) in [5.74, 6) is 0.511. The van der Waals surface area contributed by atoms with E-state index < -0.39 is 5.82 Å². The molecule has 1 unspecified atom stereocenters. The molecule has 0 radical (unpaired) electrons. The van der Waals surface area contributed by atoms with Crippen LogP contribution in [0.2, 0.25) is 5.02 Å². The lowest BCUT2D eigenvalue weighted by Crippen LogP contribution is -2.10. The standard InChI is InChI=1S/C13H15Cl2FN2O/c1-8(3-4-19-2)18-12-5-9(15)10(16)6-11(12)17-13(18)7-14/h5-6,8H,3-4,7H2,1-2H3. The van der Waals surface area contributed by atoms with E-state index in [9.17, 15) is 4.39 Å². The molecule has 0 amide bonds. The predicted molar refractivity (Wildman–Crippen MR) is 75.5 cm³/mol. The number of hydrogen-bond acceptors (Lipinski definition) is 2. The van der Waals surface area contributed by atoms with Crippen molar-refractivity contribution in [3.63, 3.8) is 0 Å². The maximum atomic E-state index is 13.5. The van der Waals surface area contributed by atoms with E-state index in [1.54, 1.807) is 13.2 Å². The molecule has 2 aromatic rings. The predicted octanol–water partition coefficient (Wildman–Crippen LogP) is 4.17. The van der Waals surface area contributed by atoms with Gasteiger partial charge in [0, 0.05) is 25.8 Å². The smallest absolute Gasteiger partial charge is 0.144 e. The first kappa shape index (κ1) is 14.6. The average Bonchev–Trinajstić information content (AvgIpc) is 2.74. The number of rotatable bonds is 5. The lowest BCUT2D eigenvalue weighted by molar-refractivity contribution is 0.181. The third kappa shape index (κ3) is 2.86. The van der Waals surface area contributed by atoms with Gasteiger partial charge in [-0.3, -0.25) is 0 Å². The highest BCUT2D eigenvalue weighted by Crippen LogP contribution is 2.28. The Hall–Kier alpha value is -0.840. The maximum absolute atomic E-state index is 13.5. The van der Waals surface area contributed by atoms with Gasteiger partial charge in [-0.15, -0.1) is 11.6 Å². The third-order valence-corrected chi connectivity index (χ3v) is 3.63. The van der Waals surface area contributed by atoms with Crippen molar-refractivity contribution in [3.8, 4) is 0 Å². The highest BCUT2D eigenvalue weighted by atomic mass is 35.5. The largest absolute Gasteiger partial charge is 0.385 e. The Balaban J connectivity index is 2.53. The molecule has 0 saturated heterocycles. The summed E-state index contributed by atoms with van der Waals surface area (Å²) in [5.41, 5.74) is 1.37. The molecule has 19 heavy (non-hydrogen) atoms. The molecule has 0 aliphatic heterocycles. The number of alkyl halides is 1. The van der Waals surface area contributed by atoms with Crippen LogP contribution in [-0.2, 0) is 10.6 Å². The number of halogens is 3. The summed E-state index contributed by atoms with van der Waals surface area (Å²) in [6, 6.07) is 3.09. The zero-order valence-electron chi connectivity index (χ0n) is 10.8. The van der Waals surface area contributed by atoms with Gasteiger partial charge in [0.15, 0.2) is 0 Å². The van der Waals surface area contributed by atoms with Crippen LogP contribution in [0.1, 0.15) is 25.2 Å². The van der Waals surface area contributed by atoms with Crippen molar-refractivity contribution >= 4 is 34.2 Å². The van der Waals surface area contributed by atoms with Crippen LogP contribution in [0, 0.1) is 5.82 Å². The summed E-state index contributed by atoms with van der Waals surface area (Å²) in [6.07, 6.45) is 0.820. The van der Waals surface area contributed by atoms with Crippen molar-refractivity contribution < 1.29 is 9.13 Å². The van der Waals surface area contributed by atoms with Crippen molar-refractivity contribution in [2.24, 2.45) is 0 Å². The first-order valence-corrected chi connectivity index (χ1v) is 6.90. The van der Waals surface area contributed by atoms with Gasteiger partial charge in [0.1, 0.15) is 11.6 Å². The summed E-state index contributed by atoms with van der Waals surface area (Å²) >= 11 is 11.8. The Morgan fingerprint density at radius 1 is 1.47 bits per heavy atom. The molecule has 1 aromatic carbocycles. The quantitative estimate of drug-likeness (QED) is 0.775. The number of benzene rings is 1. The van der Waals surface area contributed by atoms with Crippen molar-refractivity contribution in [2.75, 3.05) is 13.7 Å². The van der Waals surface area contributed by atoms with E-state index in [0.717, 1.165) is 11.9 Å². The van der Waals surface area contributed by atoms with Gasteiger partial charge in [-0.25, -0.2) is 9.37 Å². The van der Waals surface area contributed by atoms with Gasteiger partial charge < -0.3 is 9.30 Å². The van der Waals surface area contributed by atoms with E-state index in [-0.39, 0.29) is 16.9 Å². The van der Waals surface area contributed by atoms with E-state index in [2.05, 4.69) is 4.98 Å². The fourth-order valence-corrected chi connectivity index (χ4v) is 2.49. The fraction of sp³-hybridized carbons (Fsp3) is 0.462. The van der Waals surface area contributed by atoms with Crippen LogP contribution in [0.3, 0.4) is 0 Å². The van der Waals surface area contributed by atoms with Crippen LogP contribution in [0.25, 0.3) is 11.0 Å². The van der Waals surface area contributed by atoms with E-state index in [4.69, 9.17) is 27.9 Å². The number of hydrogen-bond donors (Lipinski definition) is 0. The second-order valence-electron chi connectivity index (χ2n) is 4.42. The highest BCUT2D eigenvalue weighted by molar-refractivity contribution is 6.31. The van der Waals surface area contributed by atoms with Crippen LogP contribution in [0.5, 0.6) is 0 Å². The minimum absolute atomic E-state index is 0.0914. The van der Waals surface area contributed by atoms with Crippen molar-refractivity contribution in [3.05, 3.63) is 28.8 Å². The Morgan fingerprint density at radius 2 is 2.21 bits per heavy atom. The summed E-state index contributed by atoms with van der Waals surface area (Å²) in [6.45, 7) is 2.69. The Bertz CT molecular complexity index is 586. The molecular weight excluding hydrogens is 290 g/mol. The van der Waals surface area contributed by atoms with Crippen molar-refractivity contribution in [1.29, 1.82) is 0 Å². The average molecular weight is 305 g/mol. The molecule has 104 valence electrons. The zero-order valence-corrected chi connectivity index (χ0v) is 12.3. The van der Waals surface area contributed by atoms with Crippen molar-refractivity contribution in [2.45, 2.75) is 25.3 Å². The van der Waals surface area contributed by atoms with Gasteiger partial charge in [-0.1, -0.05) is 11.6 Å². The van der Waals surface area contributed by atoms with Crippen LogP contribution in [0.4, 0.5) is 4.39 Å². The van der Waals surface area contributed by atoms with Crippen LogP contribution >= 0.6 is 23.2 Å². The molecule has 0 aliphatic rings.